The third-order valence-electron chi connectivity index (χ3n) is 5.97. The summed E-state index contributed by atoms with van der Waals surface area (Å²) in [5.74, 6) is 1.74. The molecule has 0 unspecified atom stereocenters. The molecule has 2 aromatic carbocycles. The lowest BCUT2D eigenvalue weighted by molar-refractivity contribution is -0.134. The number of ether oxygens (including phenoxy) is 1. The number of methoxy groups -OCH3 is 1. The molecule has 10 heteroatoms. The molecule has 0 saturated carbocycles. The van der Waals surface area contributed by atoms with Gasteiger partial charge in [-0.05, 0) is 36.4 Å². The third-order valence-corrected chi connectivity index (χ3v) is 7.24. The van der Waals surface area contributed by atoms with Crippen LogP contribution in [0.4, 0.5) is 5.69 Å². The highest BCUT2D eigenvalue weighted by atomic mass is 32.2. The fourth-order valence-electron chi connectivity index (χ4n) is 4.04. The minimum atomic E-state index is -0.407. The SMILES string of the molecule is COc1ccc(-c2noc(CN3CCN(C(=O)C[C@H]4Sc5ccccc5NC4=O)CC3)n2)cc1. The second-order valence-corrected chi connectivity index (χ2v) is 9.44. The molecule has 0 aliphatic carbocycles. The van der Waals surface area contributed by atoms with Gasteiger partial charge in [-0.1, -0.05) is 17.3 Å². The van der Waals surface area contributed by atoms with Gasteiger partial charge in [0.05, 0.1) is 24.6 Å². The van der Waals surface area contributed by atoms with Crippen LogP contribution in [0.25, 0.3) is 11.4 Å². The normalized spacial score (nSPS) is 18.3. The number of para-hydroxylation sites is 1. The molecule has 2 aliphatic heterocycles. The van der Waals surface area contributed by atoms with Gasteiger partial charge in [0.2, 0.25) is 23.5 Å². The largest absolute Gasteiger partial charge is 0.497 e. The number of carbonyl (C=O) groups excluding carboxylic acids is 2. The number of carbonyl (C=O) groups is 2. The predicted octanol–water partition coefficient (Wildman–Crippen LogP) is 2.89. The predicted molar refractivity (Wildman–Crippen MR) is 127 cm³/mol. The summed E-state index contributed by atoms with van der Waals surface area (Å²) in [6, 6.07) is 15.2. The fourth-order valence-corrected chi connectivity index (χ4v) is 5.14. The van der Waals surface area contributed by atoms with Crippen molar-refractivity contribution in [3.05, 3.63) is 54.4 Å². The molecule has 1 saturated heterocycles. The molecule has 34 heavy (non-hydrogen) atoms. The smallest absolute Gasteiger partial charge is 0.241 e. The Kier molecular flexibility index (Phi) is 6.50. The minimum Gasteiger partial charge on any atom is -0.497 e. The summed E-state index contributed by atoms with van der Waals surface area (Å²) in [5.41, 5.74) is 1.67. The van der Waals surface area contributed by atoms with Gasteiger partial charge in [-0.3, -0.25) is 14.5 Å². The lowest BCUT2D eigenvalue weighted by Crippen LogP contribution is -2.49. The van der Waals surface area contributed by atoms with Crippen molar-refractivity contribution in [1.29, 1.82) is 0 Å². The van der Waals surface area contributed by atoms with Gasteiger partial charge < -0.3 is 19.5 Å². The number of amides is 2. The summed E-state index contributed by atoms with van der Waals surface area (Å²) in [7, 11) is 1.62. The van der Waals surface area contributed by atoms with Crippen LogP contribution in [0.3, 0.4) is 0 Å². The van der Waals surface area contributed by atoms with E-state index in [0.717, 1.165) is 21.9 Å². The standard InChI is InChI=1S/C24H25N5O4S/c1-32-17-8-6-16(7-9-17)23-26-21(33-27-23)15-28-10-12-29(13-11-28)22(30)14-20-24(31)25-18-4-2-3-5-19(18)34-20/h2-9,20H,10-15H2,1H3,(H,25,31)/t20-/m1/s1. The second kappa shape index (κ2) is 9.86. The van der Waals surface area contributed by atoms with Gasteiger partial charge in [0.25, 0.3) is 0 Å². The molecule has 9 nitrogen and oxygen atoms in total. The number of aromatic nitrogens is 2. The molecule has 0 radical (unpaired) electrons. The van der Waals surface area contributed by atoms with E-state index in [1.807, 2.05) is 53.4 Å². The van der Waals surface area contributed by atoms with Crippen molar-refractivity contribution >= 4 is 29.3 Å². The summed E-state index contributed by atoms with van der Waals surface area (Å²) in [6.45, 7) is 3.16. The number of anilines is 1. The van der Waals surface area contributed by atoms with Crippen molar-refractivity contribution in [2.24, 2.45) is 0 Å². The Morgan fingerprint density at radius 3 is 2.68 bits per heavy atom. The number of hydrogen-bond donors (Lipinski definition) is 1. The van der Waals surface area contributed by atoms with Gasteiger partial charge in [0.1, 0.15) is 5.75 Å². The number of rotatable bonds is 6. The average molecular weight is 480 g/mol. The van der Waals surface area contributed by atoms with E-state index in [4.69, 9.17) is 9.26 Å². The zero-order chi connectivity index (χ0) is 23.5. The van der Waals surface area contributed by atoms with Gasteiger partial charge in [0, 0.05) is 43.1 Å². The van der Waals surface area contributed by atoms with Crippen LogP contribution in [0, 0.1) is 0 Å². The molecule has 0 spiro atoms. The fraction of sp³-hybridized carbons (Fsp3) is 0.333. The molecule has 1 N–H and O–H groups in total. The zero-order valence-corrected chi connectivity index (χ0v) is 19.6. The van der Waals surface area contributed by atoms with Crippen molar-refractivity contribution in [2.75, 3.05) is 38.6 Å². The minimum absolute atomic E-state index is 0.00580. The van der Waals surface area contributed by atoms with Crippen molar-refractivity contribution < 1.29 is 18.8 Å². The average Bonchev–Trinajstić information content (AvgIpc) is 3.33. The van der Waals surface area contributed by atoms with Crippen LogP contribution < -0.4 is 10.1 Å². The van der Waals surface area contributed by atoms with Crippen LogP contribution in [0.2, 0.25) is 0 Å². The molecule has 1 aromatic heterocycles. The summed E-state index contributed by atoms with van der Waals surface area (Å²) >= 11 is 1.46. The van der Waals surface area contributed by atoms with E-state index in [9.17, 15) is 9.59 Å². The Bertz CT molecular complexity index is 1170. The van der Waals surface area contributed by atoms with Crippen LogP contribution in [-0.4, -0.2) is 70.3 Å². The number of thioether (sulfide) groups is 1. The highest BCUT2D eigenvalue weighted by Crippen LogP contribution is 2.36. The Morgan fingerprint density at radius 1 is 1.15 bits per heavy atom. The van der Waals surface area contributed by atoms with Gasteiger partial charge in [-0.25, -0.2) is 0 Å². The van der Waals surface area contributed by atoms with Gasteiger partial charge in [-0.15, -0.1) is 11.8 Å². The zero-order valence-electron chi connectivity index (χ0n) is 18.8. The van der Waals surface area contributed by atoms with Gasteiger partial charge in [-0.2, -0.15) is 4.98 Å². The first-order chi connectivity index (χ1) is 16.6. The van der Waals surface area contributed by atoms with Gasteiger partial charge >= 0.3 is 0 Å². The first kappa shape index (κ1) is 22.4. The van der Waals surface area contributed by atoms with Crippen LogP contribution >= 0.6 is 11.8 Å². The highest BCUT2D eigenvalue weighted by Gasteiger charge is 2.31. The summed E-state index contributed by atoms with van der Waals surface area (Å²) in [6.07, 6.45) is 0.194. The number of fused-ring (bicyclic) bond motifs is 1. The molecule has 1 atom stereocenters. The molecule has 176 valence electrons. The van der Waals surface area contributed by atoms with Gasteiger partial charge in [0.15, 0.2) is 0 Å². The van der Waals surface area contributed by atoms with E-state index < -0.39 is 5.25 Å². The van der Waals surface area contributed by atoms with E-state index in [2.05, 4.69) is 20.4 Å². The number of benzene rings is 2. The summed E-state index contributed by atoms with van der Waals surface area (Å²) < 4.78 is 10.6. The van der Waals surface area contributed by atoms with Crippen LogP contribution in [0.15, 0.2) is 57.9 Å². The van der Waals surface area contributed by atoms with Crippen LogP contribution in [-0.2, 0) is 16.1 Å². The monoisotopic (exact) mass is 479 g/mol. The summed E-state index contributed by atoms with van der Waals surface area (Å²) in [5, 5.41) is 6.58. The van der Waals surface area contributed by atoms with Crippen LogP contribution in [0.1, 0.15) is 12.3 Å². The Morgan fingerprint density at radius 2 is 1.91 bits per heavy atom. The maximum atomic E-state index is 12.9. The van der Waals surface area contributed by atoms with E-state index in [-0.39, 0.29) is 18.2 Å². The molecule has 2 aliphatic rings. The molecule has 0 bridgehead atoms. The number of hydrogen-bond acceptors (Lipinski definition) is 8. The number of piperazine rings is 1. The van der Waals surface area contributed by atoms with E-state index in [1.165, 1.54) is 11.8 Å². The number of nitrogens with zero attached hydrogens (tertiary/aromatic N) is 4. The molecule has 2 amide bonds. The van der Waals surface area contributed by atoms with E-state index in [1.54, 1.807) is 7.11 Å². The molecule has 5 rings (SSSR count). The molecular formula is C24H25N5O4S. The maximum absolute atomic E-state index is 12.9. The molecule has 3 heterocycles. The molecular weight excluding hydrogens is 454 g/mol. The lowest BCUT2D eigenvalue weighted by atomic mass is 10.2. The maximum Gasteiger partial charge on any atom is 0.241 e. The van der Waals surface area contributed by atoms with E-state index >= 15 is 0 Å². The van der Waals surface area contributed by atoms with E-state index in [0.29, 0.717) is 44.4 Å². The number of nitrogens with one attached hydrogen (secondary N) is 1. The topological polar surface area (TPSA) is 101 Å². The second-order valence-electron chi connectivity index (χ2n) is 8.19. The highest BCUT2D eigenvalue weighted by molar-refractivity contribution is 8.01. The van der Waals surface area contributed by atoms with Crippen molar-refractivity contribution in [1.82, 2.24) is 19.9 Å². The van der Waals surface area contributed by atoms with Crippen molar-refractivity contribution in [3.63, 3.8) is 0 Å². The molecule has 1 fully saturated rings. The van der Waals surface area contributed by atoms with Crippen molar-refractivity contribution in [3.8, 4) is 17.1 Å². The quantitative estimate of drug-likeness (QED) is 0.576. The first-order valence-corrected chi connectivity index (χ1v) is 12.0. The molecule has 3 aromatic rings. The Labute approximate surface area is 201 Å². The summed E-state index contributed by atoms with van der Waals surface area (Å²) in [4.78, 5) is 34.8. The Hall–Kier alpha value is -3.37. The third kappa shape index (κ3) is 4.92. The first-order valence-electron chi connectivity index (χ1n) is 11.1. The van der Waals surface area contributed by atoms with Crippen molar-refractivity contribution in [2.45, 2.75) is 23.1 Å². The Balaban J connectivity index is 1.11. The lowest BCUT2D eigenvalue weighted by Gasteiger charge is -2.35. The van der Waals surface area contributed by atoms with Crippen LogP contribution in [0.5, 0.6) is 5.75 Å².